The van der Waals surface area contributed by atoms with E-state index in [1.54, 1.807) is 7.11 Å². The molecule has 1 aromatic rings. The second-order valence-electron chi connectivity index (χ2n) is 2.68. The second-order valence-corrected chi connectivity index (χ2v) is 3.43. The molecule has 80 valence electrons. The summed E-state index contributed by atoms with van der Waals surface area (Å²) in [6.45, 7) is 4.54. The van der Waals surface area contributed by atoms with Crippen molar-refractivity contribution in [3.8, 4) is 0 Å². The third-order valence-electron chi connectivity index (χ3n) is 1.48. The minimum atomic E-state index is 0.632. The highest BCUT2D eigenvalue weighted by Gasteiger charge is 1.97. The van der Waals surface area contributed by atoms with Crippen molar-refractivity contribution in [1.82, 2.24) is 9.36 Å². The highest BCUT2D eigenvalue weighted by Crippen LogP contribution is 2.08. The van der Waals surface area contributed by atoms with Crippen LogP contribution in [0.2, 0.25) is 0 Å². The monoisotopic (exact) mass is 217 g/mol. The fraction of sp³-hybridized carbons (Fsp3) is 0.750. The van der Waals surface area contributed by atoms with Crippen LogP contribution in [-0.2, 0) is 9.47 Å². The van der Waals surface area contributed by atoms with Gasteiger partial charge in [-0.1, -0.05) is 0 Å². The van der Waals surface area contributed by atoms with Gasteiger partial charge in [0.15, 0.2) is 0 Å². The van der Waals surface area contributed by atoms with E-state index in [2.05, 4.69) is 14.7 Å². The number of aromatic nitrogens is 2. The zero-order valence-electron chi connectivity index (χ0n) is 8.45. The minimum Gasteiger partial charge on any atom is -0.382 e. The lowest BCUT2D eigenvalue weighted by molar-refractivity contribution is 0.0759. The molecule has 1 N–H and O–H groups in total. The first kappa shape index (κ1) is 11.4. The maximum atomic E-state index is 5.27. The van der Waals surface area contributed by atoms with Gasteiger partial charge >= 0.3 is 0 Å². The van der Waals surface area contributed by atoms with Crippen LogP contribution in [0.4, 0.5) is 5.13 Å². The molecule has 0 atom stereocenters. The summed E-state index contributed by atoms with van der Waals surface area (Å²) >= 11 is 1.37. The van der Waals surface area contributed by atoms with Gasteiger partial charge in [-0.3, -0.25) is 0 Å². The largest absolute Gasteiger partial charge is 0.382 e. The zero-order valence-corrected chi connectivity index (χ0v) is 9.26. The number of nitrogens with one attached hydrogen (secondary N) is 1. The second kappa shape index (κ2) is 6.69. The Kier molecular flexibility index (Phi) is 5.43. The molecule has 0 aromatic carbocycles. The minimum absolute atomic E-state index is 0.632. The van der Waals surface area contributed by atoms with Gasteiger partial charge in [-0.15, -0.1) is 0 Å². The van der Waals surface area contributed by atoms with Crippen molar-refractivity contribution >= 4 is 16.7 Å². The van der Waals surface area contributed by atoms with Crippen LogP contribution in [-0.4, -0.2) is 42.8 Å². The fourth-order valence-electron chi connectivity index (χ4n) is 0.843. The molecule has 1 aromatic heterocycles. The molecule has 1 rings (SSSR count). The summed E-state index contributed by atoms with van der Waals surface area (Å²) in [5, 5.41) is 3.97. The zero-order chi connectivity index (χ0) is 10.2. The van der Waals surface area contributed by atoms with Crippen molar-refractivity contribution in [2.75, 3.05) is 38.8 Å². The first-order valence-electron chi connectivity index (χ1n) is 4.44. The standard InChI is InChI=1S/C8H15N3O2S/c1-7-10-8(14-11-7)9-3-4-13-6-5-12-2/h3-6H2,1-2H3,(H,9,10,11). The van der Waals surface area contributed by atoms with Gasteiger partial charge in [0.05, 0.1) is 19.8 Å². The summed E-state index contributed by atoms with van der Waals surface area (Å²) in [5.41, 5.74) is 0. The van der Waals surface area contributed by atoms with E-state index in [-0.39, 0.29) is 0 Å². The SMILES string of the molecule is COCCOCCNc1nc(C)ns1. The Balaban J connectivity index is 1.99. The van der Waals surface area contributed by atoms with Crippen LogP contribution in [0.25, 0.3) is 0 Å². The topological polar surface area (TPSA) is 56.3 Å². The Morgan fingerprint density at radius 1 is 1.36 bits per heavy atom. The molecule has 0 amide bonds. The smallest absolute Gasteiger partial charge is 0.202 e. The van der Waals surface area contributed by atoms with Crippen molar-refractivity contribution in [2.24, 2.45) is 0 Å². The lowest BCUT2D eigenvalue weighted by Gasteiger charge is -2.03. The Labute approximate surface area is 87.6 Å². The number of ether oxygens (including phenoxy) is 2. The van der Waals surface area contributed by atoms with E-state index in [4.69, 9.17) is 9.47 Å². The average molecular weight is 217 g/mol. The van der Waals surface area contributed by atoms with Crippen molar-refractivity contribution in [3.63, 3.8) is 0 Å². The number of nitrogens with zero attached hydrogens (tertiary/aromatic N) is 2. The summed E-state index contributed by atoms with van der Waals surface area (Å²) < 4.78 is 14.2. The molecule has 5 nitrogen and oxygen atoms in total. The summed E-state index contributed by atoms with van der Waals surface area (Å²) in [4.78, 5) is 4.16. The summed E-state index contributed by atoms with van der Waals surface area (Å²) in [5.74, 6) is 0.804. The molecule has 14 heavy (non-hydrogen) atoms. The van der Waals surface area contributed by atoms with E-state index in [9.17, 15) is 0 Å². The fourth-order valence-corrected chi connectivity index (χ4v) is 1.44. The third kappa shape index (κ3) is 4.50. The lowest BCUT2D eigenvalue weighted by Crippen LogP contribution is -2.11. The number of aryl methyl sites for hydroxylation is 1. The van der Waals surface area contributed by atoms with Crippen LogP contribution < -0.4 is 5.32 Å². The van der Waals surface area contributed by atoms with Crippen molar-refractivity contribution in [1.29, 1.82) is 0 Å². The molecule has 0 unspecified atom stereocenters. The normalized spacial score (nSPS) is 10.4. The Hall–Kier alpha value is -0.720. The van der Waals surface area contributed by atoms with Gasteiger partial charge in [0.1, 0.15) is 5.82 Å². The molecule has 0 radical (unpaired) electrons. The van der Waals surface area contributed by atoms with Crippen LogP contribution in [0.15, 0.2) is 0 Å². The van der Waals surface area contributed by atoms with Crippen molar-refractivity contribution in [2.45, 2.75) is 6.92 Å². The number of methoxy groups -OCH3 is 1. The molecule has 0 aliphatic heterocycles. The maximum Gasteiger partial charge on any atom is 0.202 e. The van der Waals surface area contributed by atoms with Gasteiger partial charge in [0.2, 0.25) is 5.13 Å². The molecule has 1 heterocycles. The predicted molar refractivity (Wildman–Crippen MR) is 55.8 cm³/mol. The van der Waals surface area contributed by atoms with E-state index in [1.165, 1.54) is 11.5 Å². The molecule has 0 fully saturated rings. The van der Waals surface area contributed by atoms with E-state index >= 15 is 0 Å². The van der Waals surface area contributed by atoms with Crippen LogP contribution >= 0.6 is 11.5 Å². The maximum absolute atomic E-state index is 5.27. The quantitative estimate of drug-likeness (QED) is 0.688. The van der Waals surface area contributed by atoms with Gasteiger partial charge in [0, 0.05) is 25.2 Å². The van der Waals surface area contributed by atoms with Crippen LogP contribution in [0.1, 0.15) is 5.82 Å². The van der Waals surface area contributed by atoms with E-state index in [0.29, 0.717) is 19.8 Å². The van der Waals surface area contributed by atoms with E-state index in [0.717, 1.165) is 17.5 Å². The molecule has 0 bridgehead atoms. The van der Waals surface area contributed by atoms with E-state index < -0.39 is 0 Å². The lowest BCUT2D eigenvalue weighted by atomic mass is 10.6. The molecular weight excluding hydrogens is 202 g/mol. The van der Waals surface area contributed by atoms with Gasteiger partial charge in [-0.05, 0) is 6.92 Å². The van der Waals surface area contributed by atoms with E-state index in [1.807, 2.05) is 6.92 Å². The first-order valence-corrected chi connectivity index (χ1v) is 5.21. The van der Waals surface area contributed by atoms with Gasteiger partial charge < -0.3 is 14.8 Å². The molecule has 0 saturated carbocycles. The van der Waals surface area contributed by atoms with Gasteiger partial charge in [-0.2, -0.15) is 4.37 Å². The number of hydrogen-bond acceptors (Lipinski definition) is 6. The summed E-state index contributed by atoms with van der Waals surface area (Å²) in [6, 6.07) is 0. The third-order valence-corrected chi connectivity index (χ3v) is 2.25. The first-order chi connectivity index (χ1) is 6.83. The van der Waals surface area contributed by atoms with Crippen LogP contribution in [0.3, 0.4) is 0 Å². The van der Waals surface area contributed by atoms with Crippen LogP contribution in [0, 0.1) is 6.92 Å². The summed E-state index contributed by atoms with van der Waals surface area (Å²) in [7, 11) is 1.66. The molecule has 6 heteroatoms. The van der Waals surface area contributed by atoms with Crippen molar-refractivity contribution in [3.05, 3.63) is 5.82 Å². The number of rotatable bonds is 7. The number of hydrogen-bond donors (Lipinski definition) is 1. The Bertz CT molecular complexity index is 254. The Morgan fingerprint density at radius 3 is 2.86 bits per heavy atom. The predicted octanol–water partition coefficient (Wildman–Crippen LogP) is 0.921. The summed E-state index contributed by atoms with van der Waals surface area (Å²) in [6.07, 6.45) is 0. The highest BCUT2D eigenvalue weighted by atomic mass is 32.1. The highest BCUT2D eigenvalue weighted by molar-refractivity contribution is 7.09. The molecule has 0 aliphatic rings. The molecular formula is C8H15N3O2S. The van der Waals surface area contributed by atoms with Crippen molar-refractivity contribution < 1.29 is 9.47 Å². The average Bonchev–Trinajstić information content (AvgIpc) is 2.58. The molecule has 0 spiro atoms. The van der Waals surface area contributed by atoms with Gasteiger partial charge in [-0.25, -0.2) is 4.98 Å². The number of anilines is 1. The molecule has 0 aliphatic carbocycles. The Morgan fingerprint density at radius 2 is 2.21 bits per heavy atom. The van der Waals surface area contributed by atoms with Crippen LogP contribution in [0.5, 0.6) is 0 Å². The molecule has 0 saturated heterocycles. The van der Waals surface area contributed by atoms with Gasteiger partial charge in [0.25, 0.3) is 0 Å².